The Hall–Kier alpha value is -2.27. The molecule has 20 heavy (non-hydrogen) atoms. The Balaban J connectivity index is 0.00000147. The predicted molar refractivity (Wildman–Crippen MR) is 81.8 cm³/mol. The van der Waals surface area contributed by atoms with E-state index in [4.69, 9.17) is 5.73 Å². The molecular formula is C14H15ClN4O. The van der Waals surface area contributed by atoms with Gasteiger partial charge in [-0.2, -0.15) is 0 Å². The molecule has 0 atom stereocenters. The molecule has 0 bridgehead atoms. The number of carbonyl (C=O) groups is 1. The van der Waals surface area contributed by atoms with E-state index in [0.29, 0.717) is 12.4 Å². The zero-order valence-electron chi connectivity index (χ0n) is 11.0. The Morgan fingerprint density at radius 1 is 1.35 bits per heavy atom. The maximum Gasteiger partial charge on any atom is 0.323 e. The highest BCUT2D eigenvalue weighted by Gasteiger charge is 2.23. The molecular weight excluding hydrogens is 276 g/mol. The van der Waals surface area contributed by atoms with E-state index in [1.807, 2.05) is 30.3 Å². The van der Waals surface area contributed by atoms with Crippen molar-refractivity contribution in [3.05, 3.63) is 42.1 Å². The number of rotatable bonds is 1. The maximum atomic E-state index is 11.6. The number of urea groups is 1. The molecule has 0 fully saturated rings. The largest absolute Gasteiger partial charge is 0.399 e. The van der Waals surface area contributed by atoms with Gasteiger partial charge in [0.05, 0.1) is 6.54 Å². The second kappa shape index (κ2) is 5.38. The second-order valence-corrected chi connectivity index (χ2v) is 4.60. The highest BCUT2D eigenvalue weighted by molar-refractivity contribution is 5.93. The molecule has 0 saturated heterocycles. The van der Waals surface area contributed by atoms with Crippen LogP contribution >= 0.6 is 12.4 Å². The molecule has 5 nitrogen and oxygen atoms in total. The van der Waals surface area contributed by atoms with Crippen LogP contribution in [0.1, 0.15) is 5.56 Å². The topological polar surface area (TPSA) is 71.2 Å². The van der Waals surface area contributed by atoms with Crippen molar-refractivity contribution in [2.24, 2.45) is 0 Å². The number of halogens is 1. The number of benzene rings is 1. The number of nitrogens with two attached hydrogens (primary N) is 1. The van der Waals surface area contributed by atoms with Gasteiger partial charge in [0.2, 0.25) is 0 Å². The number of anilines is 2. The summed E-state index contributed by atoms with van der Waals surface area (Å²) in [5.41, 5.74) is 9.63. The number of nitrogen functional groups attached to an aromatic ring is 1. The number of nitrogens with one attached hydrogen (secondary N) is 1. The lowest BCUT2D eigenvalue weighted by Gasteiger charge is -2.26. The monoisotopic (exact) mass is 290 g/mol. The van der Waals surface area contributed by atoms with Crippen LogP contribution in [0.4, 0.5) is 16.3 Å². The van der Waals surface area contributed by atoms with Crippen molar-refractivity contribution in [2.75, 3.05) is 18.1 Å². The summed E-state index contributed by atoms with van der Waals surface area (Å²) >= 11 is 0. The van der Waals surface area contributed by atoms with Crippen LogP contribution < -0.4 is 11.1 Å². The minimum atomic E-state index is -0.135. The van der Waals surface area contributed by atoms with Crippen molar-refractivity contribution in [3.8, 4) is 11.1 Å². The van der Waals surface area contributed by atoms with Gasteiger partial charge < -0.3 is 10.6 Å². The van der Waals surface area contributed by atoms with Crippen molar-refractivity contribution < 1.29 is 4.79 Å². The third-order valence-electron chi connectivity index (χ3n) is 3.22. The third-order valence-corrected chi connectivity index (χ3v) is 3.22. The van der Waals surface area contributed by atoms with E-state index in [-0.39, 0.29) is 18.4 Å². The SMILES string of the molecule is CN1Cc2c(-c3cccc(N)c3)ccnc2NC1=O.Cl. The summed E-state index contributed by atoms with van der Waals surface area (Å²) in [6.07, 6.45) is 1.70. The van der Waals surface area contributed by atoms with Crippen LogP contribution in [0.25, 0.3) is 11.1 Å². The van der Waals surface area contributed by atoms with Gasteiger partial charge in [0.15, 0.2) is 0 Å². The van der Waals surface area contributed by atoms with Crippen molar-refractivity contribution >= 4 is 29.9 Å². The highest BCUT2D eigenvalue weighted by Crippen LogP contribution is 2.31. The van der Waals surface area contributed by atoms with Crippen LogP contribution in [0, 0.1) is 0 Å². The summed E-state index contributed by atoms with van der Waals surface area (Å²) in [6, 6.07) is 9.51. The zero-order chi connectivity index (χ0) is 13.4. The quantitative estimate of drug-likeness (QED) is 0.793. The van der Waals surface area contributed by atoms with Gasteiger partial charge >= 0.3 is 6.03 Å². The lowest BCUT2D eigenvalue weighted by Crippen LogP contribution is -2.36. The third kappa shape index (κ3) is 2.40. The number of pyridine rings is 1. The van der Waals surface area contributed by atoms with Gasteiger partial charge in [-0.15, -0.1) is 12.4 Å². The first-order valence-electron chi connectivity index (χ1n) is 6.01. The zero-order valence-corrected chi connectivity index (χ0v) is 11.8. The fraction of sp³-hybridized carbons (Fsp3) is 0.143. The van der Waals surface area contributed by atoms with Crippen LogP contribution in [0.5, 0.6) is 0 Å². The standard InChI is InChI=1S/C14H14N4O.ClH/c1-18-8-12-11(9-3-2-4-10(15)7-9)5-6-16-13(12)17-14(18)19;/h2-7H,8,15H2,1H3,(H,16,17,19);1H. The van der Waals surface area contributed by atoms with E-state index in [1.54, 1.807) is 18.1 Å². The maximum absolute atomic E-state index is 11.6. The van der Waals surface area contributed by atoms with Crippen LogP contribution in [0.15, 0.2) is 36.5 Å². The second-order valence-electron chi connectivity index (χ2n) is 4.60. The molecule has 3 rings (SSSR count). The number of amides is 2. The van der Waals surface area contributed by atoms with Crippen LogP contribution in [-0.2, 0) is 6.54 Å². The molecule has 2 aromatic rings. The lowest BCUT2D eigenvalue weighted by molar-refractivity contribution is 0.218. The first-order valence-corrected chi connectivity index (χ1v) is 6.01. The van der Waals surface area contributed by atoms with E-state index in [9.17, 15) is 4.79 Å². The van der Waals surface area contributed by atoms with Gasteiger partial charge in [0.1, 0.15) is 5.82 Å². The molecule has 1 aromatic carbocycles. The Bertz CT molecular complexity index is 659. The normalized spacial score (nSPS) is 13.2. The van der Waals surface area contributed by atoms with Crippen molar-refractivity contribution in [3.63, 3.8) is 0 Å². The molecule has 104 valence electrons. The number of carbonyl (C=O) groups excluding carboxylic acids is 1. The van der Waals surface area contributed by atoms with Crippen molar-refractivity contribution in [1.82, 2.24) is 9.88 Å². The Labute approximate surface area is 123 Å². The first kappa shape index (κ1) is 14.1. The number of aromatic nitrogens is 1. The molecule has 0 unspecified atom stereocenters. The first-order chi connectivity index (χ1) is 9.15. The van der Waals surface area contributed by atoms with Crippen LogP contribution in [0.3, 0.4) is 0 Å². The highest BCUT2D eigenvalue weighted by atomic mass is 35.5. The van der Waals surface area contributed by atoms with E-state index in [2.05, 4.69) is 10.3 Å². The summed E-state index contributed by atoms with van der Waals surface area (Å²) in [4.78, 5) is 17.5. The summed E-state index contributed by atoms with van der Waals surface area (Å²) < 4.78 is 0. The lowest BCUT2D eigenvalue weighted by atomic mass is 9.99. The van der Waals surface area contributed by atoms with E-state index in [0.717, 1.165) is 22.4 Å². The molecule has 6 heteroatoms. The van der Waals surface area contributed by atoms with Crippen molar-refractivity contribution in [1.29, 1.82) is 0 Å². The molecule has 3 N–H and O–H groups in total. The summed E-state index contributed by atoms with van der Waals surface area (Å²) in [7, 11) is 1.76. The number of fused-ring (bicyclic) bond motifs is 1. The van der Waals surface area contributed by atoms with Gasteiger partial charge in [-0.1, -0.05) is 12.1 Å². The molecule has 1 aromatic heterocycles. The fourth-order valence-electron chi connectivity index (χ4n) is 2.24. The Morgan fingerprint density at radius 2 is 2.15 bits per heavy atom. The average molecular weight is 291 g/mol. The summed E-state index contributed by atoms with van der Waals surface area (Å²) in [5, 5.41) is 2.78. The molecule has 1 aliphatic heterocycles. The van der Waals surface area contributed by atoms with Crippen molar-refractivity contribution in [2.45, 2.75) is 6.54 Å². The molecule has 0 spiro atoms. The average Bonchev–Trinajstić information content (AvgIpc) is 2.39. The smallest absolute Gasteiger partial charge is 0.323 e. The van der Waals surface area contributed by atoms with Gasteiger partial charge in [0.25, 0.3) is 0 Å². The number of nitrogens with zero attached hydrogens (tertiary/aromatic N) is 2. The van der Waals surface area contributed by atoms with Crippen LogP contribution in [0.2, 0.25) is 0 Å². The molecule has 1 aliphatic rings. The Kier molecular flexibility index (Phi) is 3.81. The molecule has 0 aliphatic carbocycles. The summed E-state index contributed by atoms with van der Waals surface area (Å²) in [6.45, 7) is 0.541. The molecule has 0 saturated carbocycles. The van der Waals surface area contributed by atoms with E-state index in [1.165, 1.54) is 0 Å². The number of hydrogen-bond donors (Lipinski definition) is 2. The molecule has 2 heterocycles. The predicted octanol–water partition coefficient (Wildman–Crippen LogP) is 2.73. The fourth-order valence-corrected chi connectivity index (χ4v) is 2.24. The minimum absolute atomic E-state index is 0. The minimum Gasteiger partial charge on any atom is -0.399 e. The van der Waals surface area contributed by atoms with Gasteiger partial charge in [-0.05, 0) is 29.3 Å². The molecule has 2 amide bonds. The summed E-state index contributed by atoms with van der Waals surface area (Å²) in [5.74, 6) is 0.628. The van der Waals surface area contributed by atoms with Gasteiger partial charge in [-0.25, -0.2) is 9.78 Å². The van der Waals surface area contributed by atoms with Gasteiger partial charge in [-0.3, -0.25) is 5.32 Å². The van der Waals surface area contributed by atoms with E-state index >= 15 is 0 Å². The molecule has 0 radical (unpaired) electrons. The van der Waals surface area contributed by atoms with Crippen LogP contribution in [-0.4, -0.2) is 23.0 Å². The van der Waals surface area contributed by atoms with E-state index < -0.39 is 0 Å². The number of hydrogen-bond acceptors (Lipinski definition) is 3. The van der Waals surface area contributed by atoms with Gasteiger partial charge in [0, 0.05) is 24.5 Å². The Morgan fingerprint density at radius 3 is 2.90 bits per heavy atom.